The van der Waals surface area contributed by atoms with Crippen LogP contribution in [0.3, 0.4) is 0 Å². The second-order valence-corrected chi connectivity index (χ2v) is 6.60. The molecule has 0 radical (unpaired) electrons. The predicted molar refractivity (Wildman–Crippen MR) is 91.5 cm³/mol. The minimum absolute atomic E-state index is 0.00538. The number of hydrogen-bond donors (Lipinski definition) is 2. The minimum atomic E-state index is -0.567. The Bertz CT molecular complexity index is 833. The van der Waals surface area contributed by atoms with E-state index in [1.807, 2.05) is 0 Å². The van der Waals surface area contributed by atoms with Crippen LogP contribution in [0.25, 0.3) is 6.08 Å². The SMILES string of the molecule is O=C(CN1C(=O)S/C(=C\c2ccccc2O)C1=O)Nc1nccs1. The van der Waals surface area contributed by atoms with E-state index < -0.39 is 17.1 Å². The summed E-state index contributed by atoms with van der Waals surface area (Å²) in [6, 6.07) is 6.47. The third-order valence-electron chi connectivity index (χ3n) is 3.08. The lowest BCUT2D eigenvalue weighted by atomic mass is 10.2. The lowest BCUT2D eigenvalue weighted by Crippen LogP contribution is -2.36. The van der Waals surface area contributed by atoms with Crippen LogP contribution in [-0.2, 0) is 9.59 Å². The zero-order chi connectivity index (χ0) is 17.1. The average Bonchev–Trinajstić information content (AvgIpc) is 3.14. The summed E-state index contributed by atoms with van der Waals surface area (Å²) in [5, 5.41) is 13.8. The van der Waals surface area contributed by atoms with Crippen molar-refractivity contribution in [3.8, 4) is 5.75 Å². The summed E-state index contributed by atoms with van der Waals surface area (Å²) >= 11 is 1.97. The number of aromatic hydroxyl groups is 1. The van der Waals surface area contributed by atoms with Crippen molar-refractivity contribution in [3.05, 3.63) is 46.3 Å². The Morgan fingerprint density at radius 2 is 2.12 bits per heavy atom. The predicted octanol–water partition coefficient (Wildman–Crippen LogP) is 2.52. The molecule has 0 atom stereocenters. The van der Waals surface area contributed by atoms with Crippen LogP contribution < -0.4 is 5.32 Å². The number of amides is 3. The van der Waals surface area contributed by atoms with Crippen molar-refractivity contribution in [2.45, 2.75) is 0 Å². The fourth-order valence-electron chi connectivity index (χ4n) is 1.97. The van der Waals surface area contributed by atoms with Gasteiger partial charge in [-0.25, -0.2) is 4.98 Å². The van der Waals surface area contributed by atoms with Crippen LogP contribution in [0.1, 0.15) is 5.56 Å². The summed E-state index contributed by atoms with van der Waals surface area (Å²) in [7, 11) is 0. The Kier molecular flexibility index (Phi) is 4.63. The summed E-state index contributed by atoms with van der Waals surface area (Å²) in [5.74, 6) is -1.07. The number of para-hydroxylation sites is 1. The van der Waals surface area contributed by atoms with E-state index in [0.29, 0.717) is 10.7 Å². The van der Waals surface area contributed by atoms with Gasteiger partial charge in [0, 0.05) is 17.1 Å². The Balaban J connectivity index is 1.72. The number of thiazole rings is 1. The number of nitrogens with one attached hydrogen (secondary N) is 1. The molecule has 9 heteroatoms. The van der Waals surface area contributed by atoms with E-state index in [-0.39, 0.29) is 17.2 Å². The first-order chi connectivity index (χ1) is 11.5. The zero-order valence-corrected chi connectivity index (χ0v) is 13.8. The highest BCUT2D eigenvalue weighted by molar-refractivity contribution is 8.18. The number of phenols is 1. The first kappa shape index (κ1) is 16.2. The Hall–Kier alpha value is -2.65. The van der Waals surface area contributed by atoms with Crippen molar-refractivity contribution in [1.82, 2.24) is 9.88 Å². The maximum atomic E-state index is 12.3. The smallest absolute Gasteiger partial charge is 0.294 e. The molecule has 1 aromatic carbocycles. The van der Waals surface area contributed by atoms with Crippen molar-refractivity contribution in [2.24, 2.45) is 0 Å². The molecule has 2 heterocycles. The summed E-state index contributed by atoms with van der Waals surface area (Å²) in [4.78, 5) is 41.1. The highest BCUT2D eigenvalue weighted by atomic mass is 32.2. The quantitative estimate of drug-likeness (QED) is 0.812. The van der Waals surface area contributed by atoms with Gasteiger partial charge in [0.2, 0.25) is 5.91 Å². The molecule has 0 unspecified atom stereocenters. The first-order valence-corrected chi connectivity index (χ1v) is 8.47. The van der Waals surface area contributed by atoms with Gasteiger partial charge in [0.25, 0.3) is 11.1 Å². The highest BCUT2D eigenvalue weighted by Gasteiger charge is 2.36. The fourth-order valence-corrected chi connectivity index (χ4v) is 3.35. The monoisotopic (exact) mass is 361 g/mol. The van der Waals surface area contributed by atoms with Gasteiger partial charge < -0.3 is 10.4 Å². The summed E-state index contributed by atoms with van der Waals surface area (Å²) in [6.45, 7) is -0.387. The molecular formula is C15H11N3O4S2. The van der Waals surface area contributed by atoms with Crippen molar-refractivity contribution >= 4 is 51.4 Å². The normalized spacial score (nSPS) is 16.0. The van der Waals surface area contributed by atoms with Crippen molar-refractivity contribution in [1.29, 1.82) is 0 Å². The molecule has 0 aliphatic carbocycles. The molecule has 1 aromatic heterocycles. The van der Waals surface area contributed by atoms with Gasteiger partial charge in [-0.15, -0.1) is 11.3 Å². The molecule has 7 nitrogen and oxygen atoms in total. The van der Waals surface area contributed by atoms with Gasteiger partial charge >= 0.3 is 0 Å². The van der Waals surface area contributed by atoms with Crippen molar-refractivity contribution in [2.75, 3.05) is 11.9 Å². The molecule has 122 valence electrons. The van der Waals surface area contributed by atoms with Gasteiger partial charge in [-0.3, -0.25) is 19.3 Å². The lowest BCUT2D eigenvalue weighted by molar-refractivity contribution is -0.127. The molecule has 0 saturated carbocycles. The second-order valence-electron chi connectivity index (χ2n) is 4.71. The standard InChI is InChI=1S/C15H11N3O4S2/c19-10-4-2-1-3-9(10)7-11-13(21)18(15(22)24-11)8-12(20)17-14-16-5-6-23-14/h1-7,19H,8H2,(H,16,17,20)/b11-7-. The van der Waals surface area contributed by atoms with E-state index >= 15 is 0 Å². The number of rotatable bonds is 4. The molecule has 1 aliphatic rings. The van der Waals surface area contributed by atoms with Crippen LogP contribution >= 0.6 is 23.1 Å². The van der Waals surface area contributed by atoms with Crippen LogP contribution in [0.2, 0.25) is 0 Å². The minimum Gasteiger partial charge on any atom is -0.507 e. The molecule has 0 spiro atoms. The van der Waals surface area contributed by atoms with Crippen LogP contribution in [0.4, 0.5) is 9.93 Å². The van der Waals surface area contributed by atoms with Crippen molar-refractivity contribution < 1.29 is 19.5 Å². The number of imide groups is 1. The number of aromatic nitrogens is 1. The topological polar surface area (TPSA) is 99.6 Å². The maximum absolute atomic E-state index is 12.3. The van der Waals surface area contributed by atoms with E-state index in [1.165, 1.54) is 29.7 Å². The highest BCUT2D eigenvalue weighted by Crippen LogP contribution is 2.33. The molecule has 3 rings (SSSR count). The molecule has 3 amide bonds. The summed E-state index contributed by atoms with van der Waals surface area (Å²) in [6.07, 6.45) is 2.97. The average molecular weight is 361 g/mol. The van der Waals surface area contributed by atoms with E-state index in [0.717, 1.165) is 16.7 Å². The van der Waals surface area contributed by atoms with Gasteiger partial charge in [0.1, 0.15) is 12.3 Å². The molecule has 1 fully saturated rings. The Morgan fingerprint density at radius 3 is 2.83 bits per heavy atom. The van der Waals surface area contributed by atoms with Gasteiger partial charge in [-0.05, 0) is 23.9 Å². The largest absolute Gasteiger partial charge is 0.507 e. The number of hydrogen-bond acceptors (Lipinski definition) is 7. The number of carbonyl (C=O) groups excluding carboxylic acids is 3. The number of nitrogens with zero attached hydrogens (tertiary/aromatic N) is 2. The van der Waals surface area contributed by atoms with E-state index in [4.69, 9.17) is 0 Å². The van der Waals surface area contributed by atoms with E-state index in [2.05, 4.69) is 10.3 Å². The van der Waals surface area contributed by atoms with Gasteiger partial charge in [-0.1, -0.05) is 18.2 Å². The van der Waals surface area contributed by atoms with Crippen molar-refractivity contribution in [3.63, 3.8) is 0 Å². The summed E-state index contributed by atoms with van der Waals surface area (Å²) in [5.41, 5.74) is 0.426. The van der Waals surface area contributed by atoms with Gasteiger partial charge in [0.05, 0.1) is 4.91 Å². The molecule has 2 aromatic rings. The molecule has 0 bridgehead atoms. The molecular weight excluding hydrogens is 350 g/mol. The maximum Gasteiger partial charge on any atom is 0.294 e. The molecule has 24 heavy (non-hydrogen) atoms. The van der Waals surface area contributed by atoms with Crippen LogP contribution in [-0.4, -0.2) is 38.6 Å². The lowest BCUT2D eigenvalue weighted by Gasteiger charge is -2.11. The third kappa shape index (κ3) is 3.47. The third-order valence-corrected chi connectivity index (χ3v) is 4.67. The molecule has 1 aliphatic heterocycles. The number of thioether (sulfide) groups is 1. The number of carbonyl (C=O) groups is 3. The van der Waals surface area contributed by atoms with Gasteiger partial charge in [0.15, 0.2) is 5.13 Å². The molecule has 1 saturated heterocycles. The number of anilines is 1. The molecule has 2 N–H and O–H groups in total. The summed E-state index contributed by atoms with van der Waals surface area (Å²) < 4.78 is 0. The van der Waals surface area contributed by atoms with E-state index in [1.54, 1.807) is 23.6 Å². The zero-order valence-electron chi connectivity index (χ0n) is 12.1. The Labute approximate surface area is 145 Å². The fraction of sp³-hybridized carbons (Fsp3) is 0.0667. The second kappa shape index (κ2) is 6.85. The van der Waals surface area contributed by atoms with Crippen LogP contribution in [0.15, 0.2) is 40.7 Å². The number of benzene rings is 1. The van der Waals surface area contributed by atoms with Crippen LogP contribution in [0, 0.1) is 0 Å². The number of phenolic OH excluding ortho intramolecular Hbond substituents is 1. The van der Waals surface area contributed by atoms with Crippen LogP contribution in [0.5, 0.6) is 5.75 Å². The van der Waals surface area contributed by atoms with E-state index in [9.17, 15) is 19.5 Å². The Morgan fingerprint density at radius 1 is 1.33 bits per heavy atom. The first-order valence-electron chi connectivity index (χ1n) is 6.77. The van der Waals surface area contributed by atoms with Gasteiger partial charge in [-0.2, -0.15) is 0 Å².